The lowest BCUT2D eigenvalue weighted by Crippen LogP contribution is -2.26. The third-order valence-electron chi connectivity index (χ3n) is 1.57. The summed E-state index contributed by atoms with van der Waals surface area (Å²) in [5.74, 6) is 0.196. The minimum atomic E-state index is -0.0423. The quantitative estimate of drug-likeness (QED) is 0.695. The largest absolute Gasteiger partial charge is 0.355 e. The van der Waals surface area contributed by atoms with Crippen molar-refractivity contribution in [1.29, 1.82) is 0 Å². The van der Waals surface area contributed by atoms with Crippen molar-refractivity contribution in [3.05, 3.63) is 30.1 Å². The van der Waals surface area contributed by atoms with Crippen LogP contribution in [0, 0.1) is 0 Å². The SMILES string of the molecule is O=C(CS)NCCc1ccccn1. The molecule has 1 amide bonds. The monoisotopic (exact) mass is 196 g/mol. The van der Waals surface area contributed by atoms with Crippen molar-refractivity contribution in [3.63, 3.8) is 0 Å². The Morgan fingerprint density at radius 2 is 2.38 bits per heavy atom. The van der Waals surface area contributed by atoms with Crippen LogP contribution in [0.15, 0.2) is 24.4 Å². The molecule has 1 N–H and O–H groups in total. The van der Waals surface area contributed by atoms with Crippen LogP contribution in [-0.4, -0.2) is 23.2 Å². The number of rotatable bonds is 4. The van der Waals surface area contributed by atoms with Gasteiger partial charge in [-0.05, 0) is 12.1 Å². The van der Waals surface area contributed by atoms with E-state index in [1.807, 2.05) is 18.2 Å². The van der Waals surface area contributed by atoms with E-state index in [9.17, 15) is 4.79 Å². The van der Waals surface area contributed by atoms with E-state index < -0.39 is 0 Å². The van der Waals surface area contributed by atoms with E-state index in [2.05, 4.69) is 22.9 Å². The first kappa shape index (κ1) is 10.1. The number of hydrogen-bond donors (Lipinski definition) is 2. The Morgan fingerprint density at radius 3 is 3.00 bits per heavy atom. The van der Waals surface area contributed by atoms with Crippen molar-refractivity contribution in [2.45, 2.75) is 6.42 Å². The van der Waals surface area contributed by atoms with Gasteiger partial charge in [-0.1, -0.05) is 6.07 Å². The summed E-state index contributed by atoms with van der Waals surface area (Å²) in [6, 6.07) is 5.74. The highest BCUT2D eigenvalue weighted by atomic mass is 32.1. The number of carbonyl (C=O) groups excluding carboxylic acids is 1. The van der Waals surface area contributed by atoms with Gasteiger partial charge in [-0.25, -0.2) is 0 Å². The second-order valence-electron chi connectivity index (χ2n) is 2.58. The molecule has 0 radical (unpaired) electrons. The van der Waals surface area contributed by atoms with Crippen molar-refractivity contribution in [3.8, 4) is 0 Å². The minimum Gasteiger partial charge on any atom is -0.355 e. The zero-order valence-corrected chi connectivity index (χ0v) is 8.13. The Bertz CT molecular complexity index is 264. The van der Waals surface area contributed by atoms with Crippen LogP contribution in [0.2, 0.25) is 0 Å². The number of amides is 1. The third kappa shape index (κ3) is 3.94. The number of nitrogens with zero attached hydrogens (tertiary/aromatic N) is 1. The molecule has 4 heteroatoms. The molecule has 0 unspecified atom stereocenters. The second kappa shape index (κ2) is 5.59. The highest BCUT2D eigenvalue weighted by molar-refractivity contribution is 7.81. The van der Waals surface area contributed by atoms with E-state index in [-0.39, 0.29) is 11.7 Å². The van der Waals surface area contributed by atoms with E-state index in [4.69, 9.17) is 0 Å². The maximum absolute atomic E-state index is 10.8. The van der Waals surface area contributed by atoms with Crippen LogP contribution >= 0.6 is 12.6 Å². The van der Waals surface area contributed by atoms with Crippen LogP contribution in [0.4, 0.5) is 0 Å². The van der Waals surface area contributed by atoms with Crippen LogP contribution in [0.5, 0.6) is 0 Å². The number of hydrogen-bond acceptors (Lipinski definition) is 3. The molecule has 0 bridgehead atoms. The number of aromatic nitrogens is 1. The number of thiol groups is 1. The summed E-state index contributed by atoms with van der Waals surface area (Å²) in [4.78, 5) is 14.9. The molecule has 0 fully saturated rings. The van der Waals surface area contributed by atoms with Crippen molar-refractivity contribution >= 4 is 18.5 Å². The van der Waals surface area contributed by atoms with E-state index in [1.54, 1.807) is 6.20 Å². The van der Waals surface area contributed by atoms with Gasteiger partial charge in [0.1, 0.15) is 0 Å². The van der Waals surface area contributed by atoms with Crippen LogP contribution in [0.25, 0.3) is 0 Å². The minimum absolute atomic E-state index is 0.0423. The zero-order chi connectivity index (χ0) is 9.52. The topological polar surface area (TPSA) is 42.0 Å². The molecule has 1 heterocycles. The summed E-state index contributed by atoms with van der Waals surface area (Å²) in [6.45, 7) is 0.621. The van der Waals surface area contributed by atoms with Gasteiger partial charge in [-0.2, -0.15) is 12.6 Å². The van der Waals surface area contributed by atoms with Crippen LogP contribution in [0.3, 0.4) is 0 Å². The van der Waals surface area contributed by atoms with Crippen LogP contribution < -0.4 is 5.32 Å². The molecule has 70 valence electrons. The fraction of sp³-hybridized carbons (Fsp3) is 0.333. The van der Waals surface area contributed by atoms with Crippen LogP contribution in [-0.2, 0) is 11.2 Å². The summed E-state index contributed by atoms with van der Waals surface area (Å²) in [5.41, 5.74) is 0.988. The molecule has 0 saturated carbocycles. The Hall–Kier alpha value is -1.03. The molecule has 0 aliphatic carbocycles. The first-order valence-corrected chi connectivity index (χ1v) is 4.73. The smallest absolute Gasteiger partial charge is 0.229 e. The molecule has 0 spiro atoms. The molecular formula is C9H12N2OS. The van der Waals surface area contributed by atoms with E-state index in [1.165, 1.54) is 0 Å². The normalized spacial score (nSPS) is 9.62. The Balaban J connectivity index is 2.24. The lowest BCUT2D eigenvalue weighted by molar-refractivity contribution is -0.118. The van der Waals surface area contributed by atoms with Crippen LogP contribution in [0.1, 0.15) is 5.69 Å². The predicted octanol–water partition coefficient (Wildman–Crippen LogP) is 0.670. The second-order valence-corrected chi connectivity index (χ2v) is 2.90. The summed E-state index contributed by atoms with van der Waals surface area (Å²) in [5, 5.41) is 2.73. The molecular weight excluding hydrogens is 184 g/mol. The molecule has 1 aromatic heterocycles. The maximum Gasteiger partial charge on any atom is 0.229 e. The summed E-state index contributed by atoms with van der Waals surface area (Å²) in [6.07, 6.45) is 2.51. The summed E-state index contributed by atoms with van der Waals surface area (Å²) in [7, 11) is 0. The average Bonchev–Trinajstić information content (AvgIpc) is 2.19. The van der Waals surface area contributed by atoms with Gasteiger partial charge < -0.3 is 5.32 Å². The molecule has 0 aliphatic rings. The Morgan fingerprint density at radius 1 is 1.54 bits per heavy atom. The highest BCUT2D eigenvalue weighted by Crippen LogP contribution is 1.92. The standard InChI is InChI=1S/C9H12N2OS/c12-9(7-13)11-6-4-8-3-1-2-5-10-8/h1-3,5,13H,4,6-7H2,(H,11,12). The molecule has 13 heavy (non-hydrogen) atoms. The molecule has 0 atom stereocenters. The molecule has 1 aromatic rings. The fourth-order valence-corrected chi connectivity index (χ4v) is 1.04. The van der Waals surface area contributed by atoms with Gasteiger partial charge in [0.2, 0.25) is 5.91 Å². The molecule has 0 aromatic carbocycles. The van der Waals surface area contributed by atoms with Crippen molar-refractivity contribution in [1.82, 2.24) is 10.3 Å². The highest BCUT2D eigenvalue weighted by Gasteiger charge is 1.96. The van der Waals surface area contributed by atoms with Gasteiger partial charge in [0, 0.05) is 24.9 Å². The zero-order valence-electron chi connectivity index (χ0n) is 7.23. The first-order chi connectivity index (χ1) is 6.33. The molecule has 3 nitrogen and oxygen atoms in total. The number of carbonyl (C=O) groups is 1. The Kier molecular flexibility index (Phi) is 4.32. The first-order valence-electron chi connectivity index (χ1n) is 4.10. The van der Waals surface area contributed by atoms with Gasteiger partial charge in [0.15, 0.2) is 0 Å². The average molecular weight is 196 g/mol. The van der Waals surface area contributed by atoms with Gasteiger partial charge in [0.25, 0.3) is 0 Å². The molecule has 0 saturated heterocycles. The Labute approximate surface area is 83.0 Å². The van der Waals surface area contributed by atoms with Gasteiger partial charge in [0.05, 0.1) is 5.75 Å². The lowest BCUT2D eigenvalue weighted by atomic mass is 10.3. The maximum atomic E-state index is 10.8. The predicted molar refractivity (Wildman–Crippen MR) is 54.8 cm³/mol. The summed E-state index contributed by atoms with van der Waals surface area (Å²) >= 11 is 3.85. The third-order valence-corrected chi connectivity index (χ3v) is 1.86. The van der Waals surface area contributed by atoms with Crippen molar-refractivity contribution < 1.29 is 4.79 Å². The van der Waals surface area contributed by atoms with Gasteiger partial charge in [-0.15, -0.1) is 0 Å². The van der Waals surface area contributed by atoms with Crippen molar-refractivity contribution in [2.24, 2.45) is 0 Å². The van der Waals surface area contributed by atoms with E-state index >= 15 is 0 Å². The number of nitrogens with one attached hydrogen (secondary N) is 1. The van der Waals surface area contributed by atoms with Gasteiger partial charge >= 0.3 is 0 Å². The van der Waals surface area contributed by atoms with Crippen molar-refractivity contribution in [2.75, 3.05) is 12.3 Å². The van der Waals surface area contributed by atoms with E-state index in [0.29, 0.717) is 6.54 Å². The fourth-order valence-electron chi connectivity index (χ4n) is 0.932. The number of pyridine rings is 1. The lowest BCUT2D eigenvalue weighted by Gasteiger charge is -2.01. The molecule has 1 rings (SSSR count). The molecule has 0 aliphatic heterocycles. The van der Waals surface area contributed by atoms with E-state index in [0.717, 1.165) is 12.1 Å². The summed E-state index contributed by atoms with van der Waals surface area (Å²) < 4.78 is 0. The van der Waals surface area contributed by atoms with Gasteiger partial charge in [-0.3, -0.25) is 9.78 Å².